The molecule has 0 aliphatic rings. The molecule has 0 rings (SSSR count). The van der Waals surface area contributed by atoms with E-state index >= 15 is 0 Å². The Morgan fingerprint density at radius 1 is 0.615 bits per heavy atom. The Hall–Kier alpha value is -1.50. The second-order valence-electron chi connectivity index (χ2n) is 3.86. The van der Waals surface area contributed by atoms with Gasteiger partial charge in [0, 0.05) is 5.06 Å². The van der Waals surface area contributed by atoms with Gasteiger partial charge in [0.05, 0.1) is 0 Å². The Morgan fingerprint density at radius 2 is 0.923 bits per heavy atom. The van der Waals surface area contributed by atoms with Crippen LogP contribution in [0.3, 0.4) is 0 Å². The lowest BCUT2D eigenvalue weighted by Crippen LogP contribution is -2.63. The molecule has 0 saturated carbocycles. The van der Waals surface area contributed by atoms with Gasteiger partial charge in [0.1, 0.15) is 0 Å². The zero-order valence-electron chi connectivity index (χ0n) is 11.0. The van der Waals surface area contributed by atoms with E-state index in [1.54, 1.807) is 0 Å². The van der Waals surface area contributed by atoms with Gasteiger partial charge < -0.3 is 0 Å². The monoisotopic (exact) mass is 430 g/mol. The molecule has 4 nitrogen and oxygen atoms in total. The van der Waals surface area contributed by atoms with Crippen molar-refractivity contribution in [1.29, 1.82) is 0 Å². The number of carbonyl (C=O) groups is 1. The van der Waals surface area contributed by atoms with Crippen LogP contribution in [-0.4, -0.2) is 53.4 Å². The lowest BCUT2D eigenvalue weighted by atomic mass is 10.3. The molecule has 0 N–H and O–H groups in total. The van der Waals surface area contributed by atoms with Crippen LogP contribution in [0, 0.1) is 0 Å². The molecule has 0 aromatic heterocycles. The number of nitrogens with zero attached hydrogens (tertiary/aromatic N) is 2. The van der Waals surface area contributed by atoms with Gasteiger partial charge in [-0.2, -0.15) is 65.9 Å². The lowest BCUT2D eigenvalue weighted by molar-refractivity contribution is -0.515. The van der Waals surface area contributed by atoms with E-state index in [9.17, 15) is 70.7 Å². The number of Topliss-reactive ketones (excluding diaryl/α,β-unsaturated/α-hetero) is 1. The third-order valence-corrected chi connectivity index (χ3v) is 1.95. The van der Waals surface area contributed by atoms with E-state index in [1.165, 1.54) is 0 Å². The SMILES string of the molecule is O=C(C(ON(C(F)(F)F)C(F)(F)F)N(C(F)(F)F)C(F)(F)F)C(F)(F)F. The number of halogens is 15. The van der Waals surface area contributed by atoms with Crippen LogP contribution in [0.15, 0.2) is 0 Å². The van der Waals surface area contributed by atoms with Gasteiger partial charge in [-0.1, -0.05) is 4.90 Å². The van der Waals surface area contributed by atoms with Crippen LogP contribution in [0.2, 0.25) is 0 Å². The van der Waals surface area contributed by atoms with Crippen LogP contribution in [0.5, 0.6) is 0 Å². The summed E-state index contributed by atoms with van der Waals surface area (Å²) in [5.41, 5.74) is 0. The summed E-state index contributed by atoms with van der Waals surface area (Å²) in [7, 11) is 0. The molecule has 0 amide bonds. The number of ketones is 1. The molecule has 0 bridgehead atoms. The highest BCUT2D eigenvalue weighted by molar-refractivity contribution is 5.88. The molecule has 19 heteroatoms. The molecule has 0 aliphatic carbocycles. The van der Waals surface area contributed by atoms with Crippen LogP contribution < -0.4 is 0 Å². The van der Waals surface area contributed by atoms with Gasteiger partial charge in [0.15, 0.2) is 0 Å². The number of rotatable bonds is 4. The third kappa shape index (κ3) is 6.34. The summed E-state index contributed by atoms with van der Waals surface area (Å²) in [4.78, 5) is 9.31. The number of carbonyl (C=O) groups excluding carboxylic acids is 1. The highest BCUT2D eigenvalue weighted by Crippen LogP contribution is 2.41. The summed E-state index contributed by atoms with van der Waals surface area (Å²) < 4.78 is 183. The van der Waals surface area contributed by atoms with Gasteiger partial charge >= 0.3 is 31.4 Å². The van der Waals surface area contributed by atoms with Crippen LogP contribution in [0.1, 0.15) is 0 Å². The zero-order chi connectivity index (χ0) is 21.5. The first-order valence-electron chi connectivity index (χ1n) is 5.15. The Kier molecular flexibility index (Phi) is 6.51. The number of hydroxylamine groups is 2. The van der Waals surface area contributed by atoms with Crippen molar-refractivity contribution in [2.45, 2.75) is 37.6 Å². The molecular weight excluding hydrogens is 429 g/mol. The summed E-state index contributed by atoms with van der Waals surface area (Å²) in [6.07, 6.45) is -40.3. The van der Waals surface area contributed by atoms with E-state index in [2.05, 4.69) is 4.84 Å². The van der Waals surface area contributed by atoms with Crippen molar-refractivity contribution in [2.75, 3.05) is 0 Å². The molecule has 0 aliphatic heterocycles. The van der Waals surface area contributed by atoms with E-state index in [4.69, 9.17) is 0 Å². The number of alkyl halides is 15. The summed E-state index contributed by atoms with van der Waals surface area (Å²) in [6.45, 7) is 0. The maximum Gasteiger partial charge on any atom is 0.490 e. The molecule has 0 saturated heterocycles. The fourth-order valence-corrected chi connectivity index (χ4v) is 1.13. The number of hydrogen-bond donors (Lipinski definition) is 0. The molecule has 0 spiro atoms. The molecular formula is C7HF15N2O2. The van der Waals surface area contributed by atoms with Gasteiger partial charge in [0.2, 0.25) is 6.23 Å². The molecule has 26 heavy (non-hydrogen) atoms. The second kappa shape index (κ2) is 6.91. The highest BCUT2D eigenvalue weighted by Gasteiger charge is 2.67. The summed E-state index contributed by atoms with van der Waals surface area (Å²) in [6, 6.07) is 0. The van der Waals surface area contributed by atoms with Gasteiger partial charge in [-0.15, -0.1) is 0 Å². The minimum atomic E-state index is -7.09. The molecule has 0 aromatic rings. The van der Waals surface area contributed by atoms with E-state index in [-0.39, 0.29) is 0 Å². The van der Waals surface area contributed by atoms with Crippen molar-refractivity contribution >= 4 is 5.78 Å². The van der Waals surface area contributed by atoms with E-state index in [1.807, 2.05) is 0 Å². The van der Waals surface area contributed by atoms with Crippen molar-refractivity contribution in [1.82, 2.24) is 9.96 Å². The third-order valence-electron chi connectivity index (χ3n) is 1.95. The minimum absolute atomic E-state index is 2.18. The minimum Gasteiger partial charge on any atom is -0.285 e. The van der Waals surface area contributed by atoms with Crippen molar-refractivity contribution in [3.63, 3.8) is 0 Å². The molecule has 0 fully saturated rings. The predicted molar refractivity (Wildman–Crippen MR) is 43.8 cm³/mol. The maximum atomic E-state index is 12.3. The van der Waals surface area contributed by atoms with Crippen LogP contribution >= 0.6 is 0 Å². The Bertz CT molecular complexity index is 469. The standard InChI is InChI=1S/C7HF15N2O2/c8-3(9,10)1(25)2(23(4(11,12)13)5(14,15)16)26-24(6(17,18)19)7(20,21)22/h2H. The summed E-state index contributed by atoms with van der Waals surface area (Å²) in [5.74, 6) is -4.34. The van der Waals surface area contributed by atoms with Crippen molar-refractivity contribution in [3.05, 3.63) is 0 Å². The Balaban J connectivity index is 6.40. The van der Waals surface area contributed by atoms with Crippen molar-refractivity contribution in [3.8, 4) is 0 Å². The van der Waals surface area contributed by atoms with Crippen molar-refractivity contribution < 1.29 is 75.5 Å². The first kappa shape index (κ1) is 24.5. The highest BCUT2D eigenvalue weighted by atomic mass is 19.4. The summed E-state index contributed by atoms with van der Waals surface area (Å²) >= 11 is 0. The molecule has 0 radical (unpaired) electrons. The predicted octanol–water partition coefficient (Wildman–Crippen LogP) is 4.06. The Morgan fingerprint density at radius 3 is 1.12 bits per heavy atom. The zero-order valence-corrected chi connectivity index (χ0v) is 11.0. The fourth-order valence-electron chi connectivity index (χ4n) is 1.13. The molecule has 0 aromatic carbocycles. The first-order chi connectivity index (χ1) is 11.0. The molecule has 1 atom stereocenters. The molecule has 0 heterocycles. The van der Waals surface area contributed by atoms with Gasteiger partial charge in [-0.05, 0) is 0 Å². The Labute approximate surface area is 130 Å². The van der Waals surface area contributed by atoms with Crippen LogP contribution in [0.25, 0.3) is 0 Å². The van der Waals surface area contributed by atoms with Gasteiger partial charge in [0.25, 0.3) is 5.78 Å². The van der Waals surface area contributed by atoms with E-state index in [0.717, 1.165) is 0 Å². The van der Waals surface area contributed by atoms with Gasteiger partial charge in [-0.25, -0.2) is 0 Å². The smallest absolute Gasteiger partial charge is 0.285 e. The lowest BCUT2D eigenvalue weighted by Gasteiger charge is -2.36. The van der Waals surface area contributed by atoms with E-state index < -0.39 is 53.4 Å². The average molecular weight is 430 g/mol. The largest absolute Gasteiger partial charge is 0.490 e. The molecule has 156 valence electrons. The first-order valence-corrected chi connectivity index (χ1v) is 5.15. The second-order valence-corrected chi connectivity index (χ2v) is 3.86. The molecule has 1 unspecified atom stereocenters. The van der Waals surface area contributed by atoms with E-state index in [0.29, 0.717) is 0 Å². The fraction of sp³-hybridized carbons (Fsp3) is 0.857. The quantitative estimate of drug-likeness (QED) is 0.292. The normalized spacial score (nSPS) is 16.3. The van der Waals surface area contributed by atoms with Gasteiger partial charge in [-0.3, -0.25) is 9.63 Å². The topological polar surface area (TPSA) is 32.8 Å². The van der Waals surface area contributed by atoms with Crippen molar-refractivity contribution in [2.24, 2.45) is 0 Å². The van der Waals surface area contributed by atoms with Crippen LogP contribution in [-0.2, 0) is 9.63 Å². The summed E-state index contributed by atoms with van der Waals surface area (Å²) in [5, 5.41) is -3.52. The average Bonchev–Trinajstić information content (AvgIpc) is 2.24. The van der Waals surface area contributed by atoms with Crippen LogP contribution in [0.4, 0.5) is 65.9 Å². The number of hydrogen-bond acceptors (Lipinski definition) is 4. The maximum absolute atomic E-state index is 12.3.